The molecule has 3 aromatic rings. The second-order valence-corrected chi connectivity index (χ2v) is 9.46. The summed E-state index contributed by atoms with van der Waals surface area (Å²) in [6, 6.07) is 15.5. The molecule has 1 saturated heterocycles. The standard InChI is InChI=1S/C28H34N4O3/c1-3-31-14-8-9-19(31)17-30-27(33)25-21-11-4-5-12-22(21)28(34)32(15-16-35-2)26(25)23-18-29-24-13-7-6-10-20(23)24/h4-7,10-13,18-19,25-26,29H,3,8-9,14-17H2,1-2H3,(H,30,33). The molecule has 35 heavy (non-hydrogen) atoms. The summed E-state index contributed by atoms with van der Waals surface area (Å²) in [6.45, 7) is 5.67. The molecule has 2 aliphatic heterocycles. The zero-order valence-electron chi connectivity index (χ0n) is 20.5. The monoisotopic (exact) mass is 474 g/mol. The summed E-state index contributed by atoms with van der Waals surface area (Å²) < 4.78 is 5.36. The summed E-state index contributed by atoms with van der Waals surface area (Å²) >= 11 is 0. The van der Waals surface area contributed by atoms with Gasteiger partial charge in [0.1, 0.15) is 0 Å². The molecule has 7 heteroatoms. The molecule has 184 valence electrons. The Morgan fingerprint density at radius 2 is 1.94 bits per heavy atom. The van der Waals surface area contributed by atoms with Crippen molar-refractivity contribution in [1.29, 1.82) is 0 Å². The van der Waals surface area contributed by atoms with E-state index in [0.29, 0.717) is 31.3 Å². The van der Waals surface area contributed by atoms with Crippen molar-refractivity contribution in [1.82, 2.24) is 20.1 Å². The van der Waals surface area contributed by atoms with Gasteiger partial charge < -0.3 is 19.9 Å². The number of likely N-dealkylation sites (N-methyl/N-ethyl adjacent to an activating group) is 1. The van der Waals surface area contributed by atoms with Crippen molar-refractivity contribution >= 4 is 22.7 Å². The molecule has 3 atom stereocenters. The second kappa shape index (κ2) is 10.2. The third kappa shape index (κ3) is 4.34. The summed E-state index contributed by atoms with van der Waals surface area (Å²) in [5.41, 5.74) is 3.33. The van der Waals surface area contributed by atoms with Crippen LogP contribution in [-0.2, 0) is 9.53 Å². The smallest absolute Gasteiger partial charge is 0.254 e. The van der Waals surface area contributed by atoms with Gasteiger partial charge in [-0.2, -0.15) is 0 Å². The number of rotatable bonds is 8. The van der Waals surface area contributed by atoms with Crippen LogP contribution in [0.5, 0.6) is 0 Å². The maximum Gasteiger partial charge on any atom is 0.254 e. The van der Waals surface area contributed by atoms with E-state index in [4.69, 9.17) is 4.74 Å². The Labute approximate surface area is 206 Å². The molecule has 2 aliphatic rings. The average molecular weight is 475 g/mol. The van der Waals surface area contributed by atoms with Gasteiger partial charge in [-0.1, -0.05) is 43.3 Å². The van der Waals surface area contributed by atoms with Crippen LogP contribution in [0.1, 0.15) is 53.2 Å². The number of H-pyrrole nitrogens is 1. The van der Waals surface area contributed by atoms with Gasteiger partial charge in [-0.25, -0.2) is 0 Å². The van der Waals surface area contributed by atoms with Gasteiger partial charge in [0, 0.05) is 54.5 Å². The van der Waals surface area contributed by atoms with E-state index in [2.05, 4.69) is 22.1 Å². The van der Waals surface area contributed by atoms with E-state index < -0.39 is 12.0 Å². The van der Waals surface area contributed by atoms with E-state index in [1.807, 2.05) is 59.6 Å². The molecule has 0 bridgehead atoms. The number of nitrogens with zero attached hydrogens (tertiary/aromatic N) is 2. The topological polar surface area (TPSA) is 77.7 Å². The van der Waals surface area contributed by atoms with E-state index in [0.717, 1.165) is 48.0 Å². The van der Waals surface area contributed by atoms with Crippen LogP contribution < -0.4 is 5.32 Å². The van der Waals surface area contributed by atoms with Gasteiger partial charge in [0.2, 0.25) is 5.91 Å². The summed E-state index contributed by atoms with van der Waals surface area (Å²) in [4.78, 5) is 35.3. The van der Waals surface area contributed by atoms with Gasteiger partial charge in [-0.05, 0) is 43.6 Å². The molecule has 3 heterocycles. The van der Waals surface area contributed by atoms with E-state index in [1.165, 1.54) is 0 Å². The van der Waals surface area contributed by atoms with Gasteiger partial charge >= 0.3 is 0 Å². The Hall–Kier alpha value is -3.16. The molecule has 0 radical (unpaired) electrons. The summed E-state index contributed by atoms with van der Waals surface area (Å²) in [7, 11) is 1.63. The molecule has 1 aromatic heterocycles. The number of aromatic amines is 1. The van der Waals surface area contributed by atoms with Crippen molar-refractivity contribution in [2.75, 3.05) is 39.9 Å². The fraction of sp³-hybridized carbons (Fsp3) is 0.429. The average Bonchev–Trinajstić information content (AvgIpc) is 3.53. The van der Waals surface area contributed by atoms with Crippen LogP contribution in [0.3, 0.4) is 0 Å². The Bertz CT molecular complexity index is 1210. The van der Waals surface area contributed by atoms with Crippen LogP contribution in [0, 0.1) is 0 Å². The first-order valence-electron chi connectivity index (χ1n) is 12.6. The number of nitrogens with one attached hydrogen (secondary N) is 2. The first-order valence-corrected chi connectivity index (χ1v) is 12.6. The number of ether oxygens (including phenoxy) is 1. The number of benzene rings is 2. The second-order valence-electron chi connectivity index (χ2n) is 9.46. The highest BCUT2D eigenvalue weighted by molar-refractivity contribution is 6.02. The number of fused-ring (bicyclic) bond motifs is 2. The Balaban J connectivity index is 1.56. The Kier molecular flexibility index (Phi) is 6.88. The Morgan fingerprint density at radius 3 is 2.77 bits per heavy atom. The molecule has 0 spiro atoms. The largest absolute Gasteiger partial charge is 0.383 e. The minimum Gasteiger partial charge on any atom is -0.383 e. The molecule has 2 aromatic carbocycles. The first kappa shape index (κ1) is 23.6. The SMILES string of the molecule is CCN1CCCC1CNC(=O)C1c2ccccc2C(=O)N(CCOC)C1c1c[nH]c2ccccc12. The highest BCUT2D eigenvalue weighted by atomic mass is 16.5. The highest BCUT2D eigenvalue weighted by Crippen LogP contribution is 2.44. The minimum atomic E-state index is -0.517. The summed E-state index contributed by atoms with van der Waals surface area (Å²) in [5.74, 6) is -0.619. The lowest BCUT2D eigenvalue weighted by molar-refractivity contribution is -0.124. The van der Waals surface area contributed by atoms with Crippen LogP contribution in [0.2, 0.25) is 0 Å². The van der Waals surface area contributed by atoms with E-state index in [9.17, 15) is 9.59 Å². The van der Waals surface area contributed by atoms with Gasteiger partial charge in [-0.15, -0.1) is 0 Å². The van der Waals surface area contributed by atoms with E-state index >= 15 is 0 Å². The van der Waals surface area contributed by atoms with Crippen molar-refractivity contribution in [3.05, 3.63) is 71.4 Å². The number of para-hydroxylation sites is 1. The molecule has 5 rings (SSSR count). The van der Waals surface area contributed by atoms with Crippen molar-refractivity contribution in [3.63, 3.8) is 0 Å². The lowest BCUT2D eigenvalue weighted by atomic mass is 9.79. The fourth-order valence-electron chi connectivity index (χ4n) is 5.87. The third-order valence-electron chi connectivity index (χ3n) is 7.61. The quantitative estimate of drug-likeness (QED) is 0.522. The van der Waals surface area contributed by atoms with Crippen LogP contribution in [0.4, 0.5) is 0 Å². The number of amides is 2. The number of hydrogen-bond donors (Lipinski definition) is 2. The number of likely N-dealkylation sites (tertiary alicyclic amines) is 1. The predicted molar refractivity (Wildman–Crippen MR) is 136 cm³/mol. The number of carbonyl (C=O) groups excluding carboxylic acids is 2. The van der Waals surface area contributed by atoms with Crippen molar-refractivity contribution < 1.29 is 14.3 Å². The maximum atomic E-state index is 14.0. The maximum absolute atomic E-state index is 14.0. The molecule has 0 aliphatic carbocycles. The third-order valence-corrected chi connectivity index (χ3v) is 7.61. The van der Waals surface area contributed by atoms with Gasteiger partial charge in [-0.3, -0.25) is 14.5 Å². The minimum absolute atomic E-state index is 0.0365. The molecule has 2 amide bonds. The molecular weight excluding hydrogens is 440 g/mol. The van der Waals surface area contributed by atoms with Crippen molar-refractivity contribution in [3.8, 4) is 0 Å². The molecular formula is C28H34N4O3. The molecule has 7 nitrogen and oxygen atoms in total. The fourth-order valence-corrected chi connectivity index (χ4v) is 5.87. The predicted octanol–water partition coefficient (Wildman–Crippen LogP) is 3.70. The van der Waals surface area contributed by atoms with Gasteiger partial charge in [0.25, 0.3) is 5.91 Å². The molecule has 3 unspecified atom stereocenters. The lowest BCUT2D eigenvalue weighted by Gasteiger charge is -2.41. The van der Waals surface area contributed by atoms with E-state index in [1.54, 1.807) is 7.11 Å². The normalized spacial score (nSPS) is 22.5. The molecule has 1 fully saturated rings. The lowest BCUT2D eigenvalue weighted by Crippen LogP contribution is -2.49. The zero-order chi connectivity index (χ0) is 24.4. The van der Waals surface area contributed by atoms with E-state index in [-0.39, 0.29) is 11.8 Å². The summed E-state index contributed by atoms with van der Waals surface area (Å²) in [6.07, 6.45) is 4.21. The Morgan fingerprint density at radius 1 is 1.14 bits per heavy atom. The van der Waals surface area contributed by atoms with Crippen LogP contribution in [-0.4, -0.2) is 72.5 Å². The van der Waals surface area contributed by atoms with Crippen LogP contribution >= 0.6 is 0 Å². The van der Waals surface area contributed by atoms with Crippen molar-refractivity contribution in [2.24, 2.45) is 0 Å². The van der Waals surface area contributed by atoms with Gasteiger partial charge in [0.15, 0.2) is 0 Å². The van der Waals surface area contributed by atoms with Crippen LogP contribution in [0.15, 0.2) is 54.7 Å². The number of methoxy groups -OCH3 is 1. The van der Waals surface area contributed by atoms with Crippen molar-refractivity contribution in [2.45, 2.75) is 37.8 Å². The number of aromatic nitrogens is 1. The first-order chi connectivity index (χ1) is 17.1. The highest BCUT2D eigenvalue weighted by Gasteiger charge is 2.45. The van der Waals surface area contributed by atoms with Crippen LogP contribution in [0.25, 0.3) is 10.9 Å². The molecule has 0 saturated carbocycles. The van der Waals surface area contributed by atoms with Gasteiger partial charge in [0.05, 0.1) is 18.6 Å². The number of hydrogen-bond acceptors (Lipinski definition) is 4. The summed E-state index contributed by atoms with van der Waals surface area (Å²) in [5, 5.41) is 4.30. The molecule has 2 N–H and O–H groups in total. The zero-order valence-corrected chi connectivity index (χ0v) is 20.5. The number of carbonyl (C=O) groups is 2.